The predicted molar refractivity (Wildman–Crippen MR) is 66.2 cm³/mol. The predicted octanol–water partition coefficient (Wildman–Crippen LogP) is 1.30. The highest BCUT2D eigenvalue weighted by molar-refractivity contribution is 9.10. The van der Waals surface area contributed by atoms with Crippen molar-refractivity contribution in [1.82, 2.24) is 4.90 Å². The second kappa shape index (κ2) is 4.77. The molecule has 7 heteroatoms. The molecule has 1 aromatic rings. The van der Waals surface area contributed by atoms with Gasteiger partial charge in [-0.1, -0.05) is 15.9 Å². The van der Waals surface area contributed by atoms with Gasteiger partial charge < -0.3 is 5.11 Å². The molecule has 0 radical (unpaired) electrons. The van der Waals surface area contributed by atoms with Gasteiger partial charge in [0.25, 0.3) is 5.91 Å². The lowest BCUT2D eigenvalue weighted by Crippen LogP contribution is -2.36. The third-order valence-corrected chi connectivity index (χ3v) is 3.02. The van der Waals surface area contributed by atoms with E-state index in [4.69, 9.17) is 5.11 Å². The average Bonchev–Trinajstić information content (AvgIpc) is 2.58. The van der Waals surface area contributed by atoms with Crippen LogP contribution < -0.4 is 4.90 Å². The van der Waals surface area contributed by atoms with Crippen LogP contribution in [0.25, 0.3) is 0 Å². The third kappa shape index (κ3) is 2.35. The zero-order chi connectivity index (χ0) is 13.3. The molecule has 0 bridgehead atoms. The fraction of sp³-hybridized carbons (Fsp3) is 0.182. The van der Waals surface area contributed by atoms with E-state index in [-0.39, 0.29) is 6.54 Å². The molecule has 0 saturated carbocycles. The summed E-state index contributed by atoms with van der Waals surface area (Å²) >= 11 is 3.27. The SMILES string of the molecule is O=C(O)CN1C(=O)CN(c2ccc(Br)cc2)C1=O. The lowest BCUT2D eigenvalue weighted by Gasteiger charge is -2.15. The number of amides is 3. The van der Waals surface area contributed by atoms with Crippen molar-refractivity contribution < 1.29 is 19.5 Å². The number of benzene rings is 1. The van der Waals surface area contributed by atoms with Gasteiger partial charge in [0.05, 0.1) is 0 Å². The summed E-state index contributed by atoms with van der Waals surface area (Å²) in [5.74, 6) is -1.72. The molecule has 1 N–H and O–H groups in total. The number of aliphatic carboxylic acids is 1. The quantitative estimate of drug-likeness (QED) is 0.853. The largest absolute Gasteiger partial charge is 0.480 e. The van der Waals surface area contributed by atoms with Crippen LogP contribution in [0.15, 0.2) is 28.7 Å². The summed E-state index contributed by atoms with van der Waals surface area (Å²) in [5.41, 5.74) is 0.560. The minimum Gasteiger partial charge on any atom is -0.480 e. The highest BCUT2D eigenvalue weighted by atomic mass is 79.9. The van der Waals surface area contributed by atoms with Crippen LogP contribution in [0.5, 0.6) is 0 Å². The Kier molecular flexibility index (Phi) is 3.33. The van der Waals surface area contributed by atoms with Crippen LogP contribution in [0, 0.1) is 0 Å². The number of carbonyl (C=O) groups excluding carboxylic acids is 2. The van der Waals surface area contributed by atoms with Gasteiger partial charge in [0.15, 0.2) is 0 Å². The van der Waals surface area contributed by atoms with Gasteiger partial charge in [-0.15, -0.1) is 0 Å². The lowest BCUT2D eigenvalue weighted by atomic mass is 10.3. The number of nitrogens with zero attached hydrogens (tertiary/aromatic N) is 2. The summed E-state index contributed by atoms with van der Waals surface area (Å²) in [4.78, 5) is 36.0. The van der Waals surface area contributed by atoms with Gasteiger partial charge in [-0.2, -0.15) is 0 Å². The molecule has 1 aromatic carbocycles. The molecule has 3 amide bonds. The molecule has 0 aliphatic carbocycles. The van der Waals surface area contributed by atoms with Crippen molar-refractivity contribution in [3.05, 3.63) is 28.7 Å². The Morgan fingerprint density at radius 2 is 1.89 bits per heavy atom. The van der Waals surface area contributed by atoms with Crippen molar-refractivity contribution in [3.8, 4) is 0 Å². The monoisotopic (exact) mass is 312 g/mol. The number of hydrogen-bond donors (Lipinski definition) is 1. The topological polar surface area (TPSA) is 77.9 Å². The van der Waals surface area contributed by atoms with E-state index in [9.17, 15) is 14.4 Å². The van der Waals surface area contributed by atoms with E-state index in [0.29, 0.717) is 5.69 Å². The fourth-order valence-electron chi connectivity index (χ4n) is 1.65. The minimum atomic E-state index is -1.21. The molecular weight excluding hydrogens is 304 g/mol. The molecule has 0 spiro atoms. The first kappa shape index (κ1) is 12.6. The smallest absolute Gasteiger partial charge is 0.332 e. The van der Waals surface area contributed by atoms with Crippen LogP contribution in [0.3, 0.4) is 0 Å². The summed E-state index contributed by atoms with van der Waals surface area (Å²) in [5, 5.41) is 8.63. The molecule has 18 heavy (non-hydrogen) atoms. The van der Waals surface area contributed by atoms with E-state index >= 15 is 0 Å². The fourth-order valence-corrected chi connectivity index (χ4v) is 1.92. The summed E-state index contributed by atoms with van der Waals surface area (Å²) in [6, 6.07) is 6.24. The van der Waals surface area contributed by atoms with Crippen LogP contribution in [-0.2, 0) is 9.59 Å². The van der Waals surface area contributed by atoms with Gasteiger partial charge in [0, 0.05) is 10.2 Å². The first-order chi connectivity index (χ1) is 8.49. The number of hydrogen-bond acceptors (Lipinski definition) is 3. The summed E-state index contributed by atoms with van der Waals surface area (Å²) in [7, 11) is 0. The molecule has 94 valence electrons. The van der Waals surface area contributed by atoms with Crippen molar-refractivity contribution in [1.29, 1.82) is 0 Å². The van der Waals surface area contributed by atoms with E-state index in [2.05, 4.69) is 15.9 Å². The van der Waals surface area contributed by atoms with E-state index in [1.807, 2.05) is 0 Å². The molecule has 1 heterocycles. The number of imide groups is 1. The van der Waals surface area contributed by atoms with Crippen molar-refractivity contribution in [3.63, 3.8) is 0 Å². The zero-order valence-corrected chi connectivity index (χ0v) is 10.8. The number of urea groups is 1. The van der Waals surface area contributed by atoms with E-state index < -0.39 is 24.5 Å². The summed E-state index contributed by atoms with van der Waals surface area (Å²) < 4.78 is 0.853. The van der Waals surface area contributed by atoms with Crippen LogP contribution in [-0.4, -0.2) is 41.0 Å². The van der Waals surface area contributed by atoms with Gasteiger partial charge in [-0.05, 0) is 24.3 Å². The first-order valence-corrected chi connectivity index (χ1v) is 5.87. The second-order valence-corrected chi connectivity index (χ2v) is 4.63. The molecule has 1 saturated heterocycles. The van der Waals surface area contributed by atoms with E-state index in [1.54, 1.807) is 24.3 Å². The van der Waals surface area contributed by atoms with Crippen LogP contribution in [0.1, 0.15) is 0 Å². The lowest BCUT2D eigenvalue weighted by molar-refractivity contribution is -0.141. The number of rotatable bonds is 3. The Labute approximate surface area is 111 Å². The maximum Gasteiger partial charge on any atom is 0.332 e. The van der Waals surface area contributed by atoms with Gasteiger partial charge >= 0.3 is 12.0 Å². The third-order valence-electron chi connectivity index (χ3n) is 2.49. The molecule has 2 rings (SSSR count). The summed E-state index contributed by atoms with van der Waals surface area (Å²) in [6.07, 6.45) is 0. The van der Waals surface area contributed by atoms with Crippen LogP contribution in [0.2, 0.25) is 0 Å². The second-order valence-electron chi connectivity index (χ2n) is 3.72. The van der Waals surface area contributed by atoms with Crippen molar-refractivity contribution in [2.45, 2.75) is 0 Å². The van der Waals surface area contributed by atoms with E-state index in [0.717, 1.165) is 9.37 Å². The number of carbonyl (C=O) groups is 3. The number of carboxylic acid groups (broad SMARTS) is 1. The van der Waals surface area contributed by atoms with Gasteiger partial charge in [0.2, 0.25) is 0 Å². The molecule has 0 aromatic heterocycles. The van der Waals surface area contributed by atoms with Crippen molar-refractivity contribution >= 4 is 39.5 Å². The Hall–Kier alpha value is -1.89. The molecule has 1 fully saturated rings. The Morgan fingerprint density at radius 3 is 2.44 bits per heavy atom. The van der Waals surface area contributed by atoms with Gasteiger partial charge in [-0.25, -0.2) is 4.79 Å². The summed E-state index contributed by atoms with van der Waals surface area (Å²) in [6.45, 7) is -0.738. The highest BCUT2D eigenvalue weighted by Crippen LogP contribution is 2.22. The number of halogens is 1. The number of carboxylic acids is 1. The Balaban J connectivity index is 2.22. The van der Waals surface area contributed by atoms with E-state index in [1.165, 1.54) is 4.90 Å². The van der Waals surface area contributed by atoms with Gasteiger partial charge in [-0.3, -0.25) is 19.4 Å². The molecule has 0 atom stereocenters. The average molecular weight is 313 g/mol. The maximum absolute atomic E-state index is 11.9. The first-order valence-electron chi connectivity index (χ1n) is 5.08. The highest BCUT2D eigenvalue weighted by Gasteiger charge is 2.37. The zero-order valence-electron chi connectivity index (χ0n) is 9.17. The maximum atomic E-state index is 11.9. The molecule has 1 aliphatic heterocycles. The Morgan fingerprint density at radius 1 is 1.28 bits per heavy atom. The van der Waals surface area contributed by atoms with Crippen LogP contribution in [0.4, 0.5) is 10.5 Å². The Bertz CT molecular complexity index is 514. The van der Waals surface area contributed by atoms with Crippen LogP contribution >= 0.6 is 15.9 Å². The molecule has 1 aliphatic rings. The molecule has 0 unspecified atom stereocenters. The number of anilines is 1. The van der Waals surface area contributed by atoms with Crippen molar-refractivity contribution in [2.75, 3.05) is 18.0 Å². The molecular formula is C11H9BrN2O4. The standard InChI is InChI=1S/C11H9BrN2O4/c12-7-1-3-8(4-2-7)13-5-9(15)14(11(13)18)6-10(16)17/h1-4H,5-6H2,(H,16,17). The normalized spacial score (nSPS) is 15.4. The molecule has 6 nitrogen and oxygen atoms in total. The van der Waals surface area contributed by atoms with Gasteiger partial charge in [0.1, 0.15) is 13.1 Å². The minimum absolute atomic E-state index is 0.131. The van der Waals surface area contributed by atoms with Crippen molar-refractivity contribution in [2.24, 2.45) is 0 Å².